The SMILES string of the molecule is O=C(Nc1ccc(Br)cc1)Nc1cccc2ccc(O)cc12. The summed E-state index contributed by atoms with van der Waals surface area (Å²) in [5, 5.41) is 16.9. The molecule has 2 amide bonds. The molecular formula is C17H13BrN2O2. The minimum Gasteiger partial charge on any atom is -0.508 e. The van der Waals surface area contributed by atoms with Crippen molar-refractivity contribution in [3.63, 3.8) is 0 Å². The van der Waals surface area contributed by atoms with Crippen LogP contribution in [0.2, 0.25) is 0 Å². The largest absolute Gasteiger partial charge is 0.508 e. The standard InChI is InChI=1S/C17H13BrN2O2/c18-12-5-7-13(8-6-12)19-17(22)20-16-3-1-2-11-4-9-14(21)10-15(11)16/h1-10,21H,(H2,19,20,22). The summed E-state index contributed by atoms with van der Waals surface area (Å²) in [4.78, 5) is 12.1. The molecule has 4 nitrogen and oxygen atoms in total. The zero-order valence-corrected chi connectivity index (χ0v) is 13.1. The number of amides is 2. The smallest absolute Gasteiger partial charge is 0.323 e. The van der Waals surface area contributed by atoms with Crippen molar-refractivity contribution in [3.05, 3.63) is 65.1 Å². The summed E-state index contributed by atoms with van der Waals surface area (Å²) < 4.78 is 0.947. The Morgan fingerprint density at radius 2 is 1.73 bits per heavy atom. The van der Waals surface area contributed by atoms with Gasteiger partial charge in [-0.25, -0.2) is 4.79 Å². The number of phenolic OH excluding ortho intramolecular Hbond substituents is 1. The summed E-state index contributed by atoms with van der Waals surface area (Å²) in [5.74, 6) is 0.162. The van der Waals surface area contributed by atoms with E-state index in [1.165, 1.54) is 0 Å². The highest BCUT2D eigenvalue weighted by atomic mass is 79.9. The molecule has 0 heterocycles. The van der Waals surface area contributed by atoms with Crippen LogP contribution in [0.25, 0.3) is 10.8 Å². The van der Waals surface area contributed by atoms with Crippen molar-refractivity contribution in [1.29, 1.82) is 0 Å². The lowest BCUT2D eigenvalue weighted by Gasteiger charge is -2.10. The molecule has 22 heavy (non-hydrogen) atoms. The molecule has 3 rings (SSSR count). The Hall–Kier alpha value is -2.53. The molecule has 0 aliphatic heterocycles. The Bertz CT molecular complexity index is 832. The highest BCUT2D eigenvalue weighted by Gasteiger charge is 2.06. The van der Waals surface area contributed by atoms with Gasteiger partial charge in [0.15, 0.2) is 0 Å². The van der Waals surface area contributed by atoms with Crippen LogP contribution >= 0.6 is 15.9 Å². The number of anilines is 2. The predicted molar refractivity (Wildman–Crippen MR) is 92.4 cm³/mol. The number of urea groups is 1. The third kappa shape index (κ3) is 3.20. The second-order valence-corrected chi connectivity index (χ2v) is 5.71. The molecule has 0 fully saturated rings. The summed E-state index contributed by atoms with van der Waals surface area (Å²) in [6, 6.07) is 17.6. The van der Waals surface area contributed by atoms with E-state index >= 15 is 0 Å². The van der Waals surface area contributed by atoms with Gasteiger partial charge < -0.3 is 15.7 Å². The topological polar surface area (TPSA) is 61.4 Å². The number of rotatable bonds is 2. The maximum atomic E-state index is 12.1. The van der Waals surface area contributed by atoms with Crippen LogP contribution in [-0.4, -0.2) is 11.1 Å². The molecule has 0 saturated carbocycles. The number of phenols is 1. The van der Waals surface area contributed by atoms with E-state index in [9.17, 15) is 9.90 Å². The summed E-state index contributed by atoms with van der Waals surface area (Å²) in [6.07, 6.45) is 0. The third-order valence-corrected chi connectivity index (χ3v) is 3.74. The number of halogens is 1. The highest BCUT2D eigenvalue weighted by molar-refractivity contribution is 9.10. The van der Waals surface area contributed by atoms with Crippen LogP contribution in [0.3, 0.4) is 0 Å². The number of carbonyl (C=O) groups is 1. The van der Waals surface area contributed by atoms with Crippen LogP contribution in [0, 0.1) is 0 Å². The van der Waals surface area contributed by atoms with Gasteiger partial charge in [0.2, 0.25) is 0 Å². The lowest BCUT2D eigenvalue weighted by atomic mass is 10.1. The Morgan fingerprint density at radius 1 is 0.955 bits per heavy atom. The normalized spacial score (nSPS) is 10.4. The fraction of sp³-hybridized carbons (Fsp3) is 0. The van der Waals surface area contributed by atoms with Crippen molar-refractivity contribution in [3.8, 4) is 5.75 Å². The van der Waals surface area contributed by atoms with Gasteiger partial charge in [0, 0.05) is 15.5 Å². The Labute approximate surface area is 135 Å². The molecule has 3 N–H and O–H groups in total. The maximum Gasteiger partial charge on any atom is 0.323 e. The average molecular weight is 357 g/mol. The molecule has 110 valence electrons. The lowest BCUT2D eigenvalue weighted by molar-refractivity contribution is 0.262. The summed E-state index contributed by atoms with van der Waals surface area (Å²) >= 11 is 3.35. The van der Waals surface area contributed by atoms with E-state index in [4.69, 9.17) is 0 Å². The number of aromatic hydroxyl groups is 1. The number of benzene rings is 3. The molecule has 0 aliphatic rings. The molecule has 3 aromatic rings. The first-order valence-corrected chi connectivity index (χ1v) is 7.46. The van der Waals surface area contributed by atoms with Gasteiger partial charge in [0.05, 0.1) is 5.69 Å². The average Bonchev–Trinajstić information content (AvgIpc) is 2.50. The maximum absolute atomic E-state index is 12.1. The first-order valence-electron chi connectivity index (χ1n) is 6.67. The van der Waals surface area contributed by atoms with Gasteiger partial charge in [0.25, 0.3) is 0 Å². The van der Waals surface area contributed by atoms with E-state index < -0.39 is 0 Å². The van der Waals surface area contributed by atoms with Crippen LogP contribution in [0.5, 0.6) is 5.75 Å². The minimum atomic E-state index is -0.335. The molecule has 0 aliphatic carbocycles. The van der Waals surface area contributed by atoms with Crippen molar-refractivity contribution >= 4 is 44.1 Å². The number of nitrogens with one attached hydrogen (secondary N) is 2. The Balaban J connectivity index is 1.82. The van der Waals surface area contributed by atoms with Gasteiger partial charge in [-0.2, -0.15) is 0 Å². The Morgan fingerprint density at radius 3 is 2.50 bits per heavy atom. The van der Waals surface area contributed by atoms with Crippen molar-refractivity contribution in [2.45, 2.75) is 0 Å². The molecule has 0 aromatic heterocycles. The van der Waals surface area contributed by atoms with Crippen molar-refractivity contribution in [2.24, 2.45) is 0 Å². The molecule has 0 unspecified atom stereocenters. The number of hydrogen-bond acceptors (Lipinski definition) is 2. The van der Waals surface area contributed by atoms with E-state index in [1.54, 1.807) is 30.3 Å². The van der Waals surface area contributed by atoms with E-state index in [0.29, 0.717) is 11.4 Å². The monoisotopic (exact) mass is 356 g/mol. The van der Waals surface area contributed by atoms with E-state index in [0.717, 1.165) is 15.2 Å². The second kappa shape index (κ2) is 6.07. The molecule has 0 saturated heterocycles. The molecule has 3 aromatic carbocycles. The minimum absolute atomic E-state index is 0.162. The number of carbonyl (C=O) groups excluding carboxylic acids is 1. The van der Waals surface area contributed by atoms with E-state index in [1.807, 2.05) is 30.3 Å². The fourth-order valence-corrected chi connectivity index (χ4v) is 2.45. The van der Waals surface area contributed by atoms with Crippen LogP contribution in [0.4, 0.5) is 16.2 Å². The van der Waals surface area contributed by atoms with Gasteiger partial charge in [-0.05, 0) is 47.9 Å². The van der Waals surface area contributed by atoms with Gasteiger partial charge in [-0.1, -0.05) is 34.1 Å². The highest BCUT2D eigenvalue weighted by Crippen LogP contribution is 2.27. The third-order valence-electron chi connectivity index (χ3n) is 3.22. The quantitative estimate of drug-likeness (QED) is 0.608. The van der Waals surface area contributed by atoms with E-state index in [2.05, 4.69) is 26.6 Å². The number of hydrogen-bond donors (Lipinski definition) is 3. The first-order chi connectivity index (χ1) is 10.6. The first kappa shape index (κ1) is 14.4. The van der Waals surface area contributed by atoms with Crippen molar-refractivity contribution in [2.75, 3.05) is 10.6 Å². The van der Waals surface area contributed by atoms with Crippen molar-refractivity contribution in [1.82, 2.24) is 0 Å². The van der Waals surface area contributed by atoms with Gasteiger partial charge in [-0.15, -0.1) is 0 Å². The molecule has 0 radical (unpaired) electrons. The molecule has 0 spiro atoms. The second-order valence-electron chi connectivity index (χ2n) is 4.80. The molecule has 5 heteroatoms. The molecular weight excluding hydrogens is 344 g/mol. The van der Waals surface area contributed by atoms with Gasteiger partial charge in [0.1, 0.15) is 5.75 Å². The van der Waals surface area contributed by atoms with Crippen LogP contribution in [0.15, 0.2) is 65.1 Å². The zero-order valence-electron chi connectivity index (χ0n) is 11.5. The summed E-state index contributed by atoms with van der Waals surface area (Å²) in [6.45, 7) is 0. The van der Waals surface area contributed by atoms with Crippen LogP contribution < -0.4 is 10.6 Å². The predicted octanol–water partition coefficient (Wildman–Crippen LogP) is 4.95. The number of fused-ring (bicyclic) bond motifs is 1. The van der Waals surface area contributed by atoms with Gasteiger partial charge in [-0.3, -0.25) is 0 Å². The van der Waals surface area contributed by atoms with E-state index in [-0.39, 0.29) is 11.8 Å². The molecule has 0 atom stereocenters. The Kier molecular flexibility index (Phi) is 3.98. The van der Waals surface area contributed by atoms with Crippen LogP contribution in [0.1, 0.15) is 0 Å². The summed E-state index contributed by atoms with van der Waals surface area (Å²) in [5.41, 5.74) is 1.34. The van der Waals surface area contributed by atoms with Crippen molar-refractivity contribution < 1.29 is 9.90 Å². The molecule has 0 bridgehead atoms. The fourth-order valence-electron chi connectivity index (χ4n) is 2.19. The van der Waals surface area contributed by atoms with Gasteiger partial charge >= 0.3 is 6.03 Å². The zero-order chi connectivity index (χ0) is 15.5. The summed E-state index contributed by atoms with van der Waals surface area (Å²) in [7, 11) is 0. The lowest BCUT2D eigenvalue weighted by Crippen LogP contribution is -2.19. The van der Waals surface area contributed by atoms with Crippen LogP contribution in [-0.2, 0) is 0 Å².